The lowest BCUT2D eigenvalue weighted by molar-refractivity contribution is 0.296. The van der Waals surface area contributed by atoms with E-state index in [2.05, 4.69) is 25.9 Å². The largest absolute Gasteiger partial charge is 0.484 e. The van der Waals surface area contributed by atoms with Crippen molar-refractivity contribution >= 4 is 38.4 Å². The van der Waals surface area contributed by atoms with Gasteiger partial charge in [0.15, 0.2) is 0 Å². The quantitative estimate of drug-likeness (QED) is 0.741. The topological polar surface area (TPSA) is 55.0 Å². The fourth-order valence-corrected chi connectivity index (χ4v) is 2.89. The van der Waals surface area contributed by atoms with Crippen LogP contribution in [0.25, 0.3) is 10.9 Å². The number of aryl methyl sites for hydroxylation is 1. The normalized spacial score (nSPS) is 10.9. The van der Waals surface area contributed by atoms with Gasteiger partial charge in [-0.1, -0.05) is 39.7 Å². The number of hydrogen-bond donors (Lipinski definition) is 1. The standard InChI is InChI=1S/C16H12BrClN2O2/c1-9-3-2-4-11-15(9)19-14(20-16(11)21)8-22-13-6-5-10(17)7-12(13)18/h2-7H,8H2,1H3,(H,19,20,21). The van der Waals surface area contributed by atoms with Gasteiger partial charge in [0.2, 0.25) is 0 Å². The number of nitrogens with one attached hydrogen (secondary N) is 1. The average Bonchev–Trinajstić information content (AvgIpc) is 2.47. The zero-order valence-corrected chi connectivity index (χ0v) is 14.0. The SMILES string of the molecule is Cc1cccc2c(=O)[nH]c(COc3ccc(Br)cc3Cl)nc12. The predicted molar refractivity (Wildman–Crippen MR) is 90.6 cm³/mol. The number of rotatable bonds is 3. The monoisotopic (exact) mass is 378 g/mol. The van der Waals surface area contributed by atoms with Gasteiger partial charge >= 0.3 is 0 Å². The van der Waals surface area contributed by atoms with Crippen molar-refractivity contribution in [1.82, 2.24) is 9.97 Å². The molecule has 0 aliphatic heterocycles. The number of benzene rings is 2. The molecule has 3 rings (SSSR count). The van der Waals surface area contributed by atoms with Crippen molar-refractivity contribution in [3.63, 3.8) is 0 Å². The fraction of sp³-hybridized carbons (Fsp3) is 0.125. The van der Waals surface area contributed by atoms with Crippen molar-refractivity contribution in [3.8, 4) is 5.75 Å². The number of aromatic amines is 1. The highest BCUT2D eigenvalue weighted by Gasteiger charge is 2.08. The molecule has 2 aromatic carbocycles. The van der Waals surface area contributed by atoms with Crippen molar-refractivity contribution < 1.29 is 4.74 Å². The molecule has 6 heteroatoms. The molecule has 112 valence electrons. The van der Waals surface area contributed by atoms with Crippen LogP contribution in [-0.4, -0.2) is 9.97 Å². The van der Waals surface area contributed by atoms with Crippen LogP contribution in [0, 0.1) is 6.92 Å². The van der Waals surface area contributed by atoms with E-state index < -0.39 is 0 Å². The molecule has 0 aliphatic rings. The second-order valence-corrected chi connectivity index (χ2v) is 6.17. The highest BCUT2D eigenvalue weighted by atomic mass is 79.9. The first-order chi connectivity index (χ1) is 10.5. The summed E-state index contributed by atoms with van der Waals surface area (Å²) in [5, 5.41) is 1.07. The van der Waals surface area contributed by atoms with Gasteiger partial charge < -0.3 is 9.72 Å². The summed E-state index contributed by atoms with van der Waals surface area (Å²) in [6.45, 7) is 2.06. The molecule has 0 saturated carbocycles. The molecule has 0 aliphatic carbocycles. The van der Waals surface area contributed by atoms with Crippen molar-refractivity contribution in [2.24, 2.45) is 0 Å². The summed E-state index contributed by atoms with van der Waals surface area (Å²) in [5.74, 6) is 1.00. The fourth-order valence-electron chi connectivity index (χ4n) is 2.16. The molecule has 0 bridgehead atoms. The Morgan fingerprint density at radius 2 is 2.14 bits per heavy atom. The molecule has 0 atom stereocenters. The number of hydrogen-bond acceptors (Lipinski definition) is 3. The van der Waals surface area contributed by atoms with Gasteiger partial charge in [-0.2, -0.15) is 0 Å². The number of H-pyrrole nitrogens is 1. The Labute approximate surface area is 140 Å². The summed E-state index contributed by atoms with van der Waals surface area (Å²) in [4.78, 5) is 19.3. The number of halogens is 2. The molecular formula is C16H12BrClN2O2. The smallest absolute Gasteiger partial charge is 0.258 e. The Balaban J connectivity index is 1.91. The second kappa shape index (κ2) is 6.10. The van der Waals surface area contributed by atoms with E-state index in [0.29, 0.717) is 27.5 Å². The molecular weight excluding hydrogens is 368 g/mol. The zero-order chi connectivity index (χ0) is 15.7. The highest BCUT2D eigenvalue weighted by Crippen LogP contribution is 2.28. The molecule has 0 radical (unpaired) electrons. The minimum atomic E-state index is -0.172. The summed E-state index contributed by atoms with van der Waals surface area (Å²) in [6, 6.07) is 10.9. The first-order valence-corrected chi connectivity index (χ1v) is 7.78. The van der Waals surface area contributed by atoms with Crippen molar-refractivity contribution in [2.45, 2.75) is 13.5 Å². The molecule has 1 N–H and O–H groups in total. The molecule has 3 aromatic rings. The number of ether oxygens (including phenoxy) is 1. The van der Waals surface area contributed by atoms with Gasteiger partial charge in [-0.3, -0.25) is 4.79 Å². The van der Waals surface area contributed by atoms with Gasteiger partial charge in [0.05, 0.1) is 15.9 Å². The van der Waals surface area contributed by atoms with Crippen molar-refractivity contribution in [3.05, 3.63) is 67.6 Å². The van der Waals surface area contributed by atoms with Crippen LogP contribution in [-0.2, 0) is 6.61 Å². The minimum Gasteiger partial charge on any atom is -0.484 e. The van der Waals surface area contributed by atoms with E-state index in [1.165, 1.54) is 0 Å². The Bertz CT molecular complexity index is 908. The van der Waals surface area contributed by atoms with Crippen molar-refractivity contribution in [2.75, 3.05) is 0 Å². The molecule has 22 heavy (non-hydrogen) atoms. The van der Waals surface area contributed by atoms with Gasteiger partial charge in [-0.25, -0.2) is 4.98 Å². The lowest BCUT2D eigenvalue weighted by Crippen LogP contribution is -2.14. The van der Waals surface area contributed by atoms with E-state index in [1.807, 2.05) is 25.1 Å². The number of fused-ring (bicyclic) bond motifs is 1. The third-order valence-corrected chi connectivity index (χ3v) is 4.03. The van der Waals surface area contributed by atoms with Crippen LogP contribution in [0.5, 0.6) is 5.75 Å². The third kappa shape index (κ3) is 3.00. The molecule has 0 unspecified atom stereocenters. The molecule has 1 aromatic heterocycles. The van der Waals surface area contributed by atoms with E-state index in [4.69, 9.17) is 16.3 Å². The van der Waals surface area contributed by atoms with E-state index in [9.17, 15) is 4.79 Å². The van der Waals surface area contributed by atoms with E-state index >= 15 is 0 Å². The van der Waals surface area contributed by atoms with Crippen LogP contribution in [0.1, 0.15) is 11.4 Å². The van der Waals surface area contributed by atoms with Crippen LogP contribution in [0.2, 0.25) is 5.02 Å². The summed E-state index contributed by atoms with van der Waals surface area (Å²) < 4.78 is 6.51. The summed E-state index contributed by atoms with van der Waals surface area (Å²) in [6.07, 6.45) is 0. The van der Waals surface area contributed by atoms with Crippen LogP contribution in [0.4, 0.5) is 0 Å². The van der Waals surface area contributed by atoms with Crippen LogP contribution >= 0.6 is 27.5 Å². The van der Waals surface area contributed by atoms with E-state index in [-0.39, 0.29) is 12.2 Å². The van der Waals surface area contributed by atoms with Gasteiger partial charge in [0, 0.05) is 4.47 Å². The number of nitrogens with zero attached hydrogens (tertiary/aromatic N) is 1. The second-order valence-electron chi connectivity index (χ2n) is 4.85. The minimum absolute atomic E-state index is 0.140. The molecule has 0 saturated heterocycles. The van der Waals surface area contributed by atoms with Gasteiger partial charge in [0.1, 0.15) is 18.2 Å². The van der Waals surface area contributed by atoms with Gasteiger partial charge in [0.25, 0.3) is 5.56 Å². The maximum absolute atomic E-state index is 12.1. The third-order valence-electron chi connectivity index (χ3n) is 3.25. The highest BCUT2D eigenvalue weighted by molar-refractivity contribution is 9.10. The van der Waals surface area contributed by atoms with Crippen LogP contribution < -0.4 is 10.3 Å². The Morgan fingerprint density at radius 3 is 2.91 bits per heavy atom. The van der Waals surface area contributed by atoms with E-state index in [0.717, 1.165) is 10.0 Å². The van der Waals surface area contributed by atoms with Gasteiger partial charge in [-0.05, 0) is 36.8 Å². The van der Waals surface area contributed by atoms with E-state index in [1.54, 1.807) is 18.2 Å². The lowest BCUT2D eigenvalue weighted by Gasteiger charge is -2.09. The molecule has 4 nitrogen and oxygen atoms in total. The number of aromatic nitrogens is 2. The van der Waals surface area contributed by atoms with Gasteiger partial charge in [-0.15, -0.1) is 0 Å². The van der Waals surface area contributed by atoms with Crippen LogP contribution in [0.3, 0.4) is 0 Å². The van der Waals surface area contributed by atoms with Crippen LogP contribution in [0.15, 0.2) is 45.7 Å². The Morgan fingerprint density at radius 1 is 1.32 bits per heavy atom. The first kappa shape index (κ1) is 15.1. The Kier molecular flexibility index (Phi) is 4.18. The maximum Gasteiger partial charge on any atom is 0.258 e. The molecule has 1 heterocycles. The average molecular weight is 380 g/mol. The summed E-state index contributed by atoms with van der Waals surface area (Å²) in [5.41, 5.74) is 1.47. The zero-order valence-electron chi connectivity index (χ0n) is 11.7. The van der Waals surface area contributed by atoms with Crippen molar-refractivity contribution in [1.29, 1.82) is 0 Å². The maximum atomic E-state index is 12.1. The Hall–Kier alpha value is -1.85. The lowest BCUT2D eigenvalue weighted by atomic mass is 10.1. The molecule has 0 amide bonds. The number of para-hydroxylation sites is 1. The summed E-state index contributed by atoms with van der Waals surface area (Å²) >= 11 is 9.44. The molecule has 0 spiro atoms. The predicted octanol–water partition coefficient (Wildman–Crippen LogP) is 4.23. The molecule has 0 fully saturated rings. The summed E-state index contributed by atoms with van der Waals surface area (Å²) in [7, 11) is 0. The first-order valence-electron chi connectivity index (χ1n) is 6.61.